The van der Waals surface area contributed by atoms with Crippen LogP contribution in [0.15, 0.2) is 0 Å². The molecule has 0 heterocycles. The Morgan fingerprint density at radius 1 is 0.840 bits per heavy atom. The number of carbonyl (C=O) groups excluding carboxylic acids is 1. The standard InChI is InChI=1S/C18H36O5S.Na/c1-3-5-6-7-8-9-10-11-12-13-14-15-16-17(24(20,21)22)18(19)23-4-2;/h17H,3-16H2,1-2H3,(H,20,21,22);/q;+1/p-1. The van der Waals surface area contributed by atoms with E-state index in [1.54, 1.807) is 6.92 Å². The summed E-state index contributed by atoms with van der Waals surface area (Å²) in [5.41, 5.74) is 0. The largest absolute Gasteiger partial charge is 1.00 e. The van der Waals surface area contributed by atoms with Crippen molar-refractivity contribution in [1.82, 2.24) is 0 Å². The van der Waals surface area contributed by atoms with Crippen molar-refractivity contribution in [2.45, 2.75) is 103 Å². The normalized spacial score (nSPS) is 12.4. The van der Waals surface area contributed by atoms with Crippen LogP contribution in [0.5, 0.6) is 0 Å². The van der Waals surface area contributed by atoms with E-state index in [0.717, 1.165) is 19.3 Å². The van der Waals surface area contributed by atoms with E-state index in [9.17, 15) is 17.8 Å². The van der Waals surface area contributed by atoms with Gasteiger partial charge in [0.1, 0.15) is 15.4 Å². The van der Waals surface area contributed by atoms with Gasteiger partial charge in [-0.05, 0) is 13.3 Å². The Kier molecular flexibility index (Phi) is 19.6. The number of hydrogen-bond acceptors (Lipinski definition) is 5. The maximum Gasteiger partial charge on any atom is 1.00 e. The number of hydrogen-bond donors (Lipinski definition) is 0. The minimum atomic E-state index is -4.63. The van der Waals surface area contributed by atoms with Crippen molar-refractivity contribution >= 4 is 16.1 Å². The zero-order valence-electron chi connectivity index (χ0n) is 16.4. The molecule has 0 saturated heterocycles. The van der Waals surface area contributed by atoms with Crippen LogP contribution in [0.1, 0.15) is 97.3 Å². The van der Waals surface area contributed by atoms with Crippen LogP contribution in [0.25, 0.3) is 0 Å². The van der Waals surface area contributed by atoms with Crippen LogP contribution in [-0.2, 0) is 19.6 Å². The monoisotopic (exact) mass is 386 g/mol. The van der Waals surface area contributed by atoms with Crippen molar-refractivity contribution in [1.29, 1.82) is 0 Å². The summed E-state index contributed by atoms with van der Waals surface area (Å²) in [5, 5.41) is -1.54. The average Bonchev–Trinajstić information content (AvgIpc) is 2.50. The Bertz CT molecular complexity index is 412. The molecule has 7 heteroatoms. The van der Waals surface area contributed by atoms with Crippen molar-refractivity contribution in [3.05, 3.63) is 0 Å². The van der Waals surface area contributed by atoms with Gasteiger partial charge in [0.2, 0.25) is 0 Å². The van der Waals surface area contributed by atoms with Gasteiger partial charge in [-0.3, -0.25) is 4.79 Å². The third-order valence-corrected chi connectivity index (χ3v) is 5.34. The van der Waals surface area contributed by atoms with E-state index < -0.39 is 21.3 Å². The molecule has 5 nitrogen and oxygen atoms in total. The van der Waals surface area contributed by atoms with Crippen molar-refractivity contribution in [2.24, 2.45) is 0 Å². The smallest absolute Gasteiger partial charge is 0.747 e. The predicted molar refractivity (Wildman–Crippen MR) is 95.8 cm³/mol. The first kappa shape index (κ1) is 27.6. The van der Waals surface area contributed by atoms with Crippen molar-refractivity contribution in [3.63, 3.8) is 0 Å². The number of unbranched alkanes of at least 4 members (excludes halogenated alkanes) is 11. The van der Waals surface area contributed by atoms with Gasteiger partial charge in [-0.2, -0.15) is 0 Å². The molecular weight excluding hydrogens is 351 g/mol. The SMILES string of the molecule is CCCCCCCCCCCCCCC(C(=O)OCC)S(=O)(=O)[O-].[Na+]. The fourth-order valence-electron chi connectivity index (χ4n) is 2.79. The van der Waals surface area contributed by atoms with Gasteiger partial charge in [0.05, 0.1) is 6.61 Å². The van der Waals surface area contributed by atoms with Gasteiger partial charge in [-0.25, -0.2) is 8.42 Å². The fourth-order valence-corrected chi connectivity index (χ4v) is 3.55. The van der Waals surface area contributed by atoms with Crippen molar-refractivity contribution in [2.75, 3.05) is 6.61 Å². The summed E-state index contributed by atoms with van der Waals surface area (Å²) < 4.78 is 38.0. The first-order chi connectivity index (χ1) is 11.4. The molecule has 0 amide bonds. The van der Waals surface area contributed by atoms with Gasteiger partial charge in [0.15, 0.2) is 0 Å². The second-order valence-corrected chi connectivity index (χ2v) is 7.97. The zero-order valence-corrected chi connectivity index (χ0v) is 19.2. The van der Waals surface area contributed by atoms with Crippen LogP contribution < -0.4 is 29.6 Å². The molecule has 0 aliphatic rings. The minimum absolute atomic E-state index is 0. The molecule has 0 radical (unpaired) electrons. The molecule has 1 atom stereocenters. The Labute approximate surface area is 176 Å². The molecule has 0 aliphatic heterocycles. The summed E-state index contributed by atoms with van der Waals surface area (Å²) in [4.78, 5) is 11.5. The van der Waals surface area contributed by atoms with Crippen LogP contribution in [0, 0.1) is 0 Å². The third-order valence-electron chi connectivity index (χ3n) is 4.22. The molecule has 25 heavy (non-hydrogen) atoms. The van der Waals surface area contributed by atoms with Crippen molar-refractivity contribution < 1.29 is 52.1 Å². The van der Waals surface area contributed by atoms with Crippen LogP contribution in [0.3, 0.4) is 0 Å². The van der Waals surface area contributed by atoms with Gasteiger partial charge in [-0.15, -0.1) is 0 Å². The van der Waals surface area contributed by atoms with E-state index in [2.05, 4.69) is 11.7 Å². The van der Waals surface area contributed by atoms with Crippen LogP contribution in [0.2, 0.25) is 0 Å². The molecule has 144 valence electrons. The molecule has 0 spiro atoms. The molecule has 0 saturated carbocycles. The number of carbonyl (C=O) groups is 1. The van der Waals surface area contributed by atoms with E-state index in [4.69, 9.17) is 0 Å². The van der Waals surface area contributed by atoms with E-state index in [1.807, 2.05) is 0 Å². The molecule has 0 bridgehead atoms. The summed E-state index contributed by atoms with van der Waals surface area (Å²) in [7, 11) is -4.63. The summed E-state index contributed by atoms with van der Waals surface area (Å²) in [6, 6.07) is 0. The van der Waals surface area contributed by atoms with Crippen LogP contribution in [0.4, 0.5) is 0 Å². The topological polar surface area (TPSA) is 83.5 Å². The molecule has 0 rings (SSSR count). The predicted octanol–water partition coefficient (Wildman–Crippen LogP) is 1.56. The first-order valence-corrected chi connectivity index (χ1v) is 11.0. The van der Waals surface area contributed by atoms with Gasteiger partial charge in [0, 0.05) is 0 Å². The summed E-state index contributed by atoms with van der Waals surface area (Å²) >= 11 is 0. The van der Waals surface area contributed by atoms with Gasteiger partial charge in [-0.1, -0.05) is 84.0 Å². The quantitative estimate of drug-likeness (QED) is 0.174. The molecule has 0 aromatic heterocycles. The third kappa shape index (κ3) is 16.3. The molecule has 0 aromatic rings. The Hall–Kier alpha value is 0.380. The van der Waals surface area contributed by atoms with Gasteiger partial charge < -0.3 is 9.29 Å². The Balaban J connectivity index is 0. The molecular formula is C18H35NaO5S. The zero-order chi connectivity index (χ0) is 18.3. The minimum Gasteiger partial charge on any atom is -0.747 e. The second kappa shape index (κ2) is 17.8. The first-order valence-electron chi connectivity index (χ1n) is 9.54. The second-order valence-electron chi connectivity index (χ2n) is 6.41. The van der Waals surface area contributed by atoms with E-state index in [1.165, 1.54) is 51.4 Å². The molecule has 0 fully saturated rings. The molecule has 0 aromatic carbocycles. The average molecular weight is 387 g/mol. The van der Waals surface area contributed by atoms with E-state index in [-0.39, 0.29) is 42.6 Å². The molecule has 0 N–H and O–H groups in total. The molecule has 1 unspecified atom stereocenters. The maximum atomic E-state index is 11.5. The maximum absolute atomic E-state index is 11.5. The summed E-state index contributed by atoms with van der Waals surface area (Å²) in [6.45, 7) is 3.90. The number of ether oxygens (including phenoxy) is 1. The molecule has 0 aliphatic carbocycles. The summed E-state index contributed by atoms with van der Waals surface area (Å²) in [5.74, 6) is -0.907. The van der Waals surface area contributed by atoms with Crippen LogP contribution >= 0.6 is 0 Å². The summed E-state index contributed by atoms with van der Waals surface area (Å²) in [6.07, 6.45) is 14.0. The fraction of sp³-hybridized carbons (Fsp3) is 0.944. The van der Waals surface area contributed by atoms with Crippen LogP contribution in [-0.4, -0.2) is 30.8 Å². The van der Waals surface area contributed by atoms with Gasteiger partial charge >= 0.3 is 35.5 Å². The van der Waals surface area contributed by atoms with Gasteiger partial charge in [0.25, 0.3) is 0 Å². The Morgan fingerprint density at radius 2 is 1.24 bits per heavy atom. The van der Waals surface area contributed by atoms with Crippen molar-refractivity contribution in [3.8, 4) is 0 Å². The van der Waals surface area contributed by atoms with E-state index in [0.29, 0.717) is 6.42 Å². The van der Waals surface area contributed by atoms with E-state index >= 15 is 0 Å². The number of esters is 1. The Morgan fingerprint density at radius 3 is 1.60 bits per heavy atom. The number of rotatable bonds is 16.